The predicted octanol–water partition coefficient (Wildman–Crippen LogP) is 4.66. The lowest BCUT2D eigenvalue weighted by Gasteiger charge is -2.27. The fraction of sp³-hybridized carbons (Fsp3) is 0.667. The minimum atomic E-state index is 0.169. The smallest absolute Gasteiger partial charge is 0.120 e. The highest BCUT2D eigenvalue weighted by atomic mass is 16.5. The highest BCUT2D eigenvalue weighted by molar-refractivity contribution is 5.35. The van der Waals surface area contributed by atoms with E-state index in [1.165, 1.54) is 11.1 Å². The van der Waals surface area contributed by atoms with Crippen LogP contribution in [0, 0.1) is 6.92 Å². The van der Waals surface area contributed by atoms with Gasteiger partial charge in [0.25, 0.3) is 0 Å². The third-order valence-electron chi connectivity index (χ3n) is 3.83. The summed E-state index contributed by atoms with van der Waals surface area (Å²) in [7, 11) is 0. The Morgan fingerprint density at radius 3 is 2.35 bits per heavy atom. The van der Waals surface area contributed by atoms with Gasteiger partial charge >= 0.3 is 0 Å². The zero-order chi connectivity index (χ0) is 15.3. The predicted molar refractivity (Wildman–Crippen MR) is 87.7 cm³/mol. The van der Waals surface area contributed by atoms with Gasteiger partial charge in [0.15, 0.2) is 0 Å². The van der Waals surface area contributed by atoms with Crippen LogP contribution in [0.15, 0.2) is 18.2 Å². The molecule has 1 atom stereocenters. The van der Waals surface area contributed by atoms with Gasteiger partial charge < -0.3 is 10.1 Å². The first kappa shape index (κ1) is 17.0. The van der Waals surface area contributed by atoms with E-state index in [-0.39, 0.29) is 11.6 Å². The van der Waals surface area contributed by atoms with Crippen molar-refractivity contribution in [1.82, 2.24) is 5.32 Å². The van der Waals surface area contributed by atoms with Crippen LogP contribution in [-0.2, 0) is 0 Å². The molecule has 1 rings (SSSR count). The number of aryl methyl sites for hydroxylation is 1. The summed E-state index contributed by atoms with van der Waals surface area (Å²) in [6, 6.07) is 6.52. The summed E-state index contributed by atoms with van der Waals surface area (Å²) in [5, 5.41) is 3.56. The third-order valence-corrected chi connectivity index (χ3v) is 3.83. The molecule has 1 unspecified atom stereocenters. The Kier molecular flexibility index (Phi) is 6.07. The Morgan fingerprint density at radius 1 is 1.15 bits per heavy atom. The molecule has 0 aromatic heterocycles. The van der Waals surface area contributed by atoms with Crippen molar-refractivity contribution in [3.05, 3.63) is 29.3 Å². The van der Waals surface area contributed by atoms with Gasteiger partial charge in [-0.1, -0.05) is 26.8 Å². The molecule has 0 saturated heterocycles. The van der Waals surface area contributed by atoms with E-state index in [4.69, 9.17) is 4.74 Å². The molecule has 0 aliphatic carbocycles. The monoisotopic (exact) mass is 277 g/mol. The van der Waals surface area contributed by atoms with Crippen molar-refractivity contribution in [2.75, 3.05) is 6.54 Å². The number of ether oxygens (including phenoxy) is 1. The van der Waals surface area contributed by atoms with Gasteiger partial charge in [-0.05, 0) is 63.3 Å². The van der Waals surface area contributed by atoms with E-state index in [0.29, 0.717) is 5.92 Å². The van der Waals surface area contributed by atoms with Gasteiger partial charge in [-0.2, -0.15) is 0 Å². The number of nitrogens with one attached hydrogen (secondary N) is 1. The first-order valence-electron chi connectivity index (χ1n) is 7.77. The van der Waals surface area contributed by atoms with E-state index in [0.717, 1.165) is 18.7 Å². The summed E-state index contributed by atoms with van der Waals surface area (Å²) in [5.74, 6) is 1.52. The Balaban J connectivity index is 2.64. The summed E-state index contributed by atoms with van der Waals surface area (Å²) in [5.41, 5.74) is 2.78. The number of benzene rings is 1. The molecule has 0 spiro atoms. The normalized spacial score (nSPS) is 13.6. The number of rotatable bonds is 7. The Morgan fingerprint density at radius 2 is 1.80 bits per heavy atom. The van der Waals surface area contributed by atoms with Gasteiger partial charge in [0, 0.05) is 12.1 Å². The fourth-order valence-electron chi connectivity index (χ4n) is 2.00. The average Bonchev–Trinajstić information content (AvgIpc) is 2.36. The molecular formula is C18H31NO. The lowest BCUT2D eigenvalue weighted by molar-refractivity contribution is 0.198. The lowest BCUT2D eigenvalue weighted by Crippen LogP contribution is -2.43. The largest absolute Gasteiger partial charge is 0.489 e. The molecule has 2 heteroatoms. The highest BCUT2D eigenvalue weighted by Gasteiger charge is 2.16. The molecule has 114 valence electrons. The molecule has 0 bridgehead atoms. The molecule has 0 saturated carbocycles. The van der Waals surface area contributed by atoms with Crippen LogP contribution >= 0.6 is 0 Å². The van der Waals surface area contributed by atoms with E-state index < -0.39 is 0 Å². The Labute approximate surface area is 124 Å². The second-order valence-electron chi connectivity index (χ2n) is 6.78. The maximum Gasteiger partial charge on any atom is 0.120 e. The molecule has 0 aliphatic heterocycles. The topological polar surface area (TPSA) is 21.3 Å². The van der Waals surface area contributed by atoms with Crippen LogP contribution in [0.25, 0.3) is 0 Å². The van der Waals surface area contributed by atoms with Crippen molar-refractivity contribution < 1.29 is 4.74 Å². The SMILES string of the molecule is CCC(C)(C)NCC(C)Oc1cc(C)cc(C(C)C)c1. The van der Waals surface area contributed by atoms with Crippen molar-refractivity contribution in [2.45, 2.75) is 72.4 Å². The van der Waals surface area contributed by atoms with Gasteiger partial charge in [0.2, 0.25) is 0 Å². The van der Waals surface area contributed by atoms with E-state index in [2.05, 4.69) is 72.0 Å². The molecule has 0 heterocycles. The molecule has 0 aliphatic rings. The molecule has 1 N–H and O–H groups in total. The van der Waals surface area contributed by atoms with Crippen molar-refractivity contribution in [3.63, 3.8) is 0 Å². The van der Waals surface area contributed by atoms with E-state index >= 15 is 0 Å². The van der Waals surface area contributed by atoms with Crippen molar-refractivity contribution >= 4 is 0 Å². The minimum Gasteiger partial charge on any atom is -0.489 e. The Hall–Kier alpha value is -1.02. The second kappa shape index (κ2) is 7.12. The van der Waals surface area contributed by atoms with E-state index in [1.807, 2.05) is 0 Å². The van der Waals surface area contributed by atoms with Gasteiger partial charge in [-0.3, -0.25) is 0 Å². The molecule has 0 radical (unpaired) electrons. The molecule has 2 nitrogen and oxygen atoms in total. The zero-order valence-electron chi connectivity index (χ0n) is 14.2. The number of hydrogen-bond donors (Lipinski definition) is 1. The van der Waals surface area contributed by atoms with E-state index in [9.17, 15) is 0 Å². The van der Waals surface area contributed by atoms with Crippen LogP contribution in [0.5, 0.6) is 5.75 Å². The van der Waals surface area contributed by atoms with Gasteiger partial charge in [-0.25, -0.2) is 0 Å². The van der Waals surface area contributed by atoms with Crippen molar-refractivity contribution in [3.8, 4) is 5.75 Å². The first-order chi connectivity index (χ1) is 9.23. The van der Waals surface area contributed by atoms with Crippen molar-refractivity contribution in [2.24, 2.45) is 0 Å². The molecule has 1 aromatic rings. The van der Waals surface area contributed by atoms with Gasteiger partial charge in [0.1, 0.15) is 11.9 Å². The summed E-state index contributed by atoms with van der Waals surface area (Å²) < 4.78 is 6.06. The van der Waals surface area contributed by atoms with Crippen LogP contribution < -0.4 is 10.1 Å². The molecular weight excluding hydrogens is 246 g/mol. The summed E-state index contributed by atoms with van der Waals surface area (Å²) in [4.78, 5) is 0. The van der Waals surface area contributed by atoms with Crippen LogP contribution in [0.4, 0.5) is 0 Å². The van der Waals surface area contributed by atoms with Crippen LogP contribution in [0.3, 0.4) is 0 Å². The fourth-order valence-corrected chi connectivity index (χ4v) is 2.00. The molecule has 0 amide bonds. The minimum absolute atomic E-state index is 0.169. The summed E-state index contributed by atoms with van der Waals surface area (Å²) in [6.45, 7) is 16.2. The molecule has 20 heavy (non-hydrogen) atoms. The maximum atomic E-state index is 6.06. The zero-order valence-corrected chi connectivity index (χ0v) is 14.2. The third kappa shape index (κ3) is 5.54. The maximum absolute atomic E-state index is 6.06. The molecule has 1 aromatic carbocycles. The quantitative estimate of drug-likeness (QED) is 0.782. The average molecular weight is 277 g/mol. The second-order valence-corrected chi connectivity index (χ2v) is 6.78. The molecule has 0 fully saturated rings. The summed E-state index contributed by atoms with van der Waals surface area (Å²) >= 11 is 0. The van der Waals surface area contributed by atoms with Crippen LogP contribution in [0.1, 0.15) is 65.0 Å². The van der Waals surface area contributed by atoms with Crippen LogP contribution in [-0.4, -0.2) is 18.2 Å². The lowest BCUT2D eigenvalue weighted by atomic mass is 10.0. The van der Waals surface area contributed by atoms with Crippen LogP contribution in [0.2, 0.25) is 0 Å². The standard InChI is InChI=1S/C18H31NO/c1-8-18(6,7)19-12-15(5)20-17-10-14(4)9-16(11-17)13(2)3/h9-11,13,15,19H,8,12H2,1-7H3. The van der Waals surface area contributed by atoms with Crippen molar-refractivity contribution in [1.29, 1.82) is 0 Å². The van der Waals surface area contributed by atoms with E-state index in [1.54, 1.807) is 0 Å². The van der Waals surface area contributed by atoms with Gasteiger partial charge in [0.05, 0.1) is 0 Å². The first-order valence-corrected chi connectivity index (χ1v) is 7.77. The Bertz CT molecular complexity index is 423. The number of hydrogen-bond acceptors (Lipinski definition) is 2. The highest BCUT2D eigenvalue weighted by Crippen LogP contribution is 2.23. The van der Waals surface area contributed by atoms with Gasteiger partial charge in [-0.15, -0.1) is 0 Å². The summed E-state index contributed by atoms with van der Waals surface area (Å²) in [6.07, 6.45) is 1.28.